The van der Waals surface area contributed by atoms with Gasteiger partial charge in [0.25, 0.3) is 0 Å². The van der Waals surface area contributed by atoms with Crippen LogP contribution in [0.25, 0.3) is 0 Å². The van der Waals surface area contributed by atoms with E-state index >= 15 is 0 Å². The van der Waals surface area contributed by atoms with Gasteiger partial charge in [0.1, 0.15) is 0 Å². The lowest BCUT2D eigenvalue weighted by atomic mass is 10.9. The molecule has 0 aliphatic carbocycles. The summed E-state index contributed by atoms with van der Waals surface area (Å²) >= 11 is 0. The Balaban J connectivity index is 2.75. The zero-order valence-electron chi connectivity index (χ0n) is 4.80. The molecule has 0 amide bonds. The minimum Gasteiger partial charge on any atom is -0.173 e. The molecular formula is C4H3N3O2P+. The van der Waals surface area contributed by atoms with Crippen molar-refractivity contribution in [3.8, 4) is 11.7 Å². The van der Waals surface area contributed by atoms with Gasteiger partial charge < -0.3 is 0 Å². The van der Waals surface area contributed by atoms with Crippen LogP contribution >= 0.6 is 8.03 Å². The van der Waals surface area contributed by atoms with E-state index in [4.69, 9.17) is 4.89 Å². The largest absolute Gasteiger partial charge is 0.603 e. The third-order valence-corrected chi connectivity index (χ3v) is 0.974. The second-order valence-electron chi connectivity index (χ2n) is 1.34. The van der Waals surface area contributed by atoms with Gasteiger partial charge in [-0.05, 0) is 4.57 Å². The van der Waals surface area contributed by atoms with Crippen molar-refractivity contribution in [1.82, 2.24) is 15.0 Å². The summed E-state index contributed by atoms with van der Waals surface area (Å²) in [6.07, 6.45) is 2.91. The minimum absolute atomic E-state index is 1.16. The quantitative estimate of drug-likeness (QED) is 0.416. The van der Waals surface area contributed by atoms with Gasteiger partial charge in [0.05, 0.1) is 18.4 Å². The highest BCUT2D eigenvalue weighted by atomic mass is 31.1. The van der Waals surface area contributed by atoms with Crippen LogP contribution in [0, 0.1) is 11.7 Å². The second-order valence-corrected chi connectivity index (χ2v) is 2.11. The molecule has 1 unspecified atom stereocenters. The molecule has 0 aromatic carbocycles. The summed E-state index contributed by atoms with van der Waals surface area (Å²) in [5.74, 6) is 0. The van der Waals surface area contributed by atoms with Gasteiger partial charge in [-0.1, -0.05) is 5.21 Å². The predicted molar refractivity (Wildman–Crippen MR) is 33.0 cm³/mol. The van der Waals surface area contributed by atoms with E-state index in [0.717, 1.165) is 4.68 Å². The molecule has 6 heteroatoms. The maximum Gasteiger partial charge on any atom is 0.603 e. The number of rotatable bonds is 0. The van der Waals surface area contributed by atoms with Crippen molar-refractivity contribution in [1.29, 1.82) is 0 Å². The van der Waals surface area contributed by atoms with E-state index in [1.54, 1.807) is 0 Å². The van der Waals surface area contributed by atoms with Crippen LogP contribution in [0.3, 0.4) is 0 Å². The zero-order chi connectivity index (χ0) is 7.40. The van der Waals surface area contributed by atoms with Crippen LogP contribution in [-0.2, 0) is 4.57 Å². The first kappa shape index (κ1) is 6.87. The molecule has 0 bridgehead atoms. The Morgan fingerprint density at radius 2 is 2.50 bits per heavy atom. The van der Waals surface area contributed by atoms with Gasteiger partial charge in [0, 0.05) is 0 Å². The highest BCUT2D eigenvalue weighted by molar-refractivity contribution is 7.44. The van der Waals surface area contributed by atoms with Crippen molar-refractivity contribution < 1.29 is 9.46 Å². The number of aromatic nitrogens is 3. The van der Waals surface area contributed by atoms with Crippen LogP contribution in [0.1, 0.15) is 0 Å². The summed E-state index contributed by atoms with van der Waals surface area (Å²) < 4.78 is 11.2. The molecule has 1 atom stereocenters. The Bertz CT molecular complexity index is 283. The van der Waals surface area contributed by atoms with Crippen LogP contribution in [0.15, 0.2) is 12.4 Å². The predicted octanol–water partition coefficient (Wildman–Crippen LogP) is -0.221. The van der Waals surface area contributed by atoms with Crippen LogP contribution in [0.2, 0.25) is 0 Å². The SMILES string of the molecule is O=[P+](O)C#Cn1ccnn1. The van der Waals surface area contributed by atoms with Crippen molar-refractivity contribution >= 4 is 8.03 Å². The van der Waals surface area contributed by atoms with Gasteiger partial charge in [-0.3, -0.25) is 0 Å². The van der Waals surface area contributed by atoms with Crippen molar-refractivity contribution in [2.24, 2.45) is 0 Å². The number of nitrogens with zero attached hydrogens (tertiary/aromatic N) is 3. The number of hydrogen-bond donors (Lipinski definition) is 1. The molecule has 1 aromatic rings. The first-order valence-corrected chi connectivity index (χ1v) is 3.54. The van der Waals surface area contributed by atoms with Crippen molar-refractivity contribution in [3.05, 3.63) is 12.4 Å². The lowest BCUT2D eigenvalue weighted by Crippen LogP contribution is -1.87. The zero-order valence-corrected chi connectivity index (χ0v) is 5.69. The molecule has 1 aromatic heterocycles. The Hall–Kier alpha value is -1.24. The molecular weight excluding hydrogens is 153 g/mol. The third kappa shape index (κ3) is 1.94. The first-order chi connectivity index (χ1) is 4.79. The van der Waals surface area contributed by atoms with Crippen LogP contribution in [0.4, 0.5) is 0 Å². The molecule has 0 radical (unpaired) electrons. The monoisotopic (exact) mass is 156 g/mol. The molecule has 1 rings (SSSR count). The average Bonchev–Trinajstić information content (AvgIpc) is 2.34. The van der Waals surface area contributed by atoms with Gasteiger partial charge in [-0.15, -0.1) is 9.99 Å². The van der Waals surface area contributed by atoms with Gasteiger partial charge in [0.2, 0.25) is 5.66 Å². The maximum atomic E-state index is 10.0. The van der Waals surface area contributed by atoms with E-state index in [2.05, 4.69) is 16.4 Å². The fourth-order valence-corrected chi connectivity index (χ4v) is 0.550. The molecule has 5 nitrogen and oxygen atoms in total. The second kappa shape index (κ2) is 3.06. The lowest BCUT2D eigenvalue weighted by Gasteiger charge is -1.73. The average molecular weight is 156 g/mol. The molecule has 1 N–H and O–H groups in total. The Morgan fingerprint density at radius 1 is 1.70 bits per heavy atom. The Morgan fingerprint density at radius 3 is 3.00 bits per heavy atom. The molecule has 0 spiro atoms. The Kier molecular flexibility index (Phi) is 2.11. The summed E-state index contributed by atoms with van der Waals surface area (Å²) in [6, 6.07) is 2.28. The van der Waals surface area contributed by atoms with Gasteiger partial charge in [-0.25, -0.2) is 0 Å². The van der Waals surface area contributed by atoms with E-state index in [-0.39, 0.29) is 0 Å². The fraction of sp³-hybridized carbons (Fsp3) is 0. The highest BCUT2D eigenvalue weighted by Crippen LogP contribution is 2.07. The summed E-state index contributed by atoms with van der Waals surface area (Å²) in [5, 5.41) is 6.88. The van der Waals surface area contributed by atoms with Crippen molar-refractivity contribution in [3.63, 3.8) is 0 Å². The minimum atomic E-state index is -2.40. The van der Waals surface area contributed by atoms with Crippen LogP contribution in [-0.4, -0.2) is 19.9 Å². The molecule has 50 valence electrons. The van der Waals surface area contributed by atoms with E-state index < -0.39 is 8.03 Å². The Labute approximate surface area is 57.5 Å². The molecule has 0 aliphatic heterocycles. The topological polar surface area (TPSA) is 68.0 Å². The molecule has 0 fully saturated rings. The fourth-order valence-electron chi connectivity index (χ4n) is 0.362. The maximum absolute atomic E-state index is 10.0. The molecule has 0 saturated carbocycles. The lowest BCUT2D eigenvalue weighted by molar-refractivity contribution is 0.514. The van der Waals surface area contributed by atoms with E-state index in [1.165, 1.54) is 12.4 Å². The normalized spacial score (nSPS) is 9.90. The summed E-state index contributed by atoms with van der Waals surface area (Å²) in [5.41, 5.74) is 2.02. The molecule has 0 saturated heterocycles. The molecule has 0 aliphatic rings. The highest BCUT2D eigenvalue weighted by Gasteiger charge is 2.01. The number of hydrogen-bond acceptors (Lipinski definition) is 3. The molecule has 10 heavy (non-hydrogen) atoms. The smallest absolute Gasteiger partial charge is 0.173 e. The summed E-state index contributed by atoms with van der Waals surface area (Å²) in [7, 11) is -2.40. The third-order valence-electron chi connectivity index (χ3n) is 0.683. The standard InChI is InChI=1S/C4H2N3O2P/c8-10(9)4-3-7-2-1-5-6-7/h1-2H/p+1. The van der Waals surface area contributed by atoms with E-state index in [9.17, 15) is 4.57 Å². The van der Waals surface area contributed by atoms with Gasteiger partial charge >= 0.3 is 8.03 Å². The van der Waals surface area contributed by atoms with E-state index in [1.807, 2.05) is 5.66 Å². The van der Waals surface area contributed by atoms with E-state index in [0.29, 0.717) is 0 Å². The van der Waals surface area contributed by atoms with Gasteiger partial charge in [0.15, 0.2) is 0 Å². The summed E-state index contributed by atoms with van der Waals surface area (Å²) in [6.45, 7) is 0. The van der Waals surface area contributed by atoms with Gasteiger partial charge in [-0.2, -0.15) is 4.68 Å². The first-order valence-electron chi connectivity index (χ1n) is 2.33. The van der Waals surface area contributed by atoms with Crippen molar-refractivity contribution in [2.75, 3.05) is 0 Å². The van der Waals surface area contributed by atoms with Crippen LogP contribution < -0.4 is 0 Å². The van der Waals surface area contributed by atoms with Crippen LogP contribution in [0.5, 0.6) is 0 Å². The summed E-state index contributed by atoms with van der Waals surface area (Å²) in [4.78, 5) is 8.23. The molecule has 1 heterocycles. The van der Waals surface area contributed by atoms with Crippen molar-refractivity contribution in [2.45, 2.75) is 0 Å².